The van der Waals surface area contributed by atoms with Crippen molar-refractivity contribution in [3.8, 4) is 0 Å². The summed E-state index contributed by atoms with van der Waals surface area (Å²) in [7, 11) is -4.00. The van der Waals surface area contributed by atoms with Crippen molar-refractivity contribution in [1.82, 2.24) is 0 Å². The number of nitrogens with one attached hydrogen (secondary N) is 2. The topological polar surface area (TPSA) is 87.6 Å². The molecule has 2 N–H and O–H groups in total. The smallest absolute Gasteiger partial charge is 0.286 e. The highest BCUT2D eigenvalue weighted by Gasteiger charge is 2.26. The van der Waals surface area contributed by atoms with Crippen LogP contribution in [0.2, 0.25) is 0 Å². The largest absolute Gasteiger partial charge is 0.333 e. The molecule has 2 aromatic rings. The van der Waals surface area contributed by atoms with Crippen LogP contribution in [0.1, 0.15) is 12.5 Å². The molecule has 1 aliphatic heterocycles. The molecule has 3 rings (SSSR count). The predicted octanol–water partition coefficient (Wildman–Crippen LogP) is 3.23. The summed E-state index contributed by atoms with van der Waals surface area (Å²) in [6, 6.07) is 10.9. The quantitative estimate of drug-likeness (QED) is 0.833. The van der Waals surface area contributed by atoms with E-state index in [0.717, 1.165) is 30.3 Å². The minimum Gasteiger partial charge on any atom is -0.333 e. The third-order valence-electron chi connectivity index (χ3n) is 3.65. The van der Waals surface area contributed by atoms with Crippen LogP contribution in [0.5, 0.6) is 0 Å². The number of halogens is 1. The number of amides is 1. The molecule has 136 valence electrons. The number of thioether (sulfide) groups is 1. The number of aryl methyl sites for hydroxylation is 1. The van der Waals surface area contributed by atoms with Gasteiger partial charge in [-0.15, -0.1) is 4.40 Å². The maximum absolute atomic E-state index is 13.2. The molecule has 0 aliphatic carbocycles. The molecule has 0 unspecified atom stereocenters. The maximum atomic E-state index is 13.2. The normalized spacial score (nSPS) is 14.8. The Balaban J connectivity index is 1.63. The summed E-state index contributed by atoms with van der Waals surface area (Å²) in [6.07, 6.45) is 0.912. The number of carbonyl (C=O) groups excluding carboxylic acids is 1. The zero-order valence-electron chi connectivity index (χ0n) is 13.8. The summed E-state index contributed by atoms with van der Waals surface area (Å²) >= 11 is 0.956. The van der Waals surface area contributed by atoms with E-state index in [0.29, 0.717) is 5.69 Å². The Bertz CT molecular complexity index is 973. The Labute approximate surface area is 155 Å². The number of hydrogen-bond donors (Lipinski definition) is 2. The van der Waals surface area contributed by atoms with Gasteiger partial charge in [0.2, 0.25) is 5.91 Å². The van der Waals surface area contributed by atoms with Gasteiger partial charge in [0.15, 0.2) is 5.17 Å². The zero-order valence-corrected chi connectivity index (χ0v) is 15.5. The lowest BCUT2D eigenvalue weighted by Crippen LogP contribution is -2.22. The first-order valence-electron chi connectivity index (χ1n) is 7.80. The summed E-state index contributed by atoms with van der Waals surface area (Å²) < 4.78 is 41.1. The van der Waals surface area contributed by atoms with E-state index in [-0.39, 0.29) is 27.4 Å². The van der Waals surface area contributed by atoms with Gasteiger partial charge >= 0.3 is 0 Å². The van der Waals surface area contributed by atoms with E-state index in [1.807, 2.05) is 31.2 Å². The number of benzene rings is 2. The lowest BCUT2D eigenvalue weighted by Gasteiger charge is -2.17. The molecule has 1 heterocycles. The van der Waals surface area contributed by atoms with Crippen LogP contribution in [0.25, 0.3) is 0 Å². The minimum absolute atomic E-state index is 0.0204. The molecule has 0 atom stereocenters. The SMILES string of the molecule is CCc1ccc(NC(=O)CSC2=NS(=O)(=O)c3cc(F)ccc3N2)cc1. The summed E-state index contributed by atoms with van der Waals surface area (Å²) in [5.74, 6) is -0.965. The van der Waals surface area contributed by atoms with Gasteiger partial charge in [-0.3, -0.25) is 4.79 Å². The summed E-state index contributed by atoms with van der Waals surface area (Å²) in [4.78, 5) is 11.8. The van der Waals surface area contributed by atoms with Crippen LogP contribution in [-0.4, -0.2) is 25.2 Å². The molecule has 9 heteroatoms. The Kier molecular flexibility index (Phi) is 5.28. The van der Waals surface area contributed by atoms with Crippen LogP contribution in [0.15, 0.2) is 51.8 Å². The molecule has 6 nitrogen and oxygen atoms in total. The molecule has 0 bridgehead atoms. The predicted molar refractivity (Wildman–Crippen MR) is 102 cm³/mol. The Morgan fingerprint density at radius 2 is 1.96 bits per heavy atom. The highest BCUT2D eigenvalue weighted by Crippen LogP contribution is 2.30. The Hall–Kier alpha value is -2.39. The van der Waals surface area contributed by atoms with Crippen molar-refractivity contribution in [2.24, 2.45) is 4.40 Å². The molecule has 0 fully saturated rings. The van der Waals surface area contributed by atoms with Gasteiger partial charge < -0.3 is 10.6 Å². The number of anilines is 2. The number of carbonyl (C=O) groups is 1. The fourth-order valence-electron chi connectivity index (χ4n) is 2.33. The van der Waals surface area contributed by atoms with Gasteiger partial charge in [0.1, 0.15) is 10.7 Å². The number of rotatable bonds is 4. The van der Waals surface area contributed by atoms with Gasteiger partial charge in [0.25, 0.3) is 10.0 Å². The second-order valence-corrected chi connectivity index (χ2v) is 8.06. The molecular weight excluding hydrogens is 377 g/mol. The summed E-state index contributed by atoms with van der Waals surface area (Å²) in [5.41, 5.74) is 2.07. The Morgan fingerprint density at radius 1 is 1.23 bits per heavy atom. The van der Waals surface area contributed by atoms with Gasteiger partial charge in [0.05, 0.1) is 11.4 Å². The number of sulfonamides is 1. The van der Waals surface area contributed by atoms with Gasteiger partial charge in [0, 0.05) is 5.69 Å². The monoisotopic (exact) mass is 393 g/mol. The van der Waals surface area contributed by atoms with Crippen LogP contribution in [0, 0.1) is 5.82 Å². The van der Waals surface area contributed by atoms with Crippen molar-refractivity contribution in [3.05, 3.63) is 53.8 Å². The van der Waals surface area contributed by atoms with Crippen LogP contribution in [-0.2, 0) is 21.2 Å². The Morgan fingerprint density at radius 3 is 2.65 bits per heavy atom. The van der Waals surface area contributed by atoms with E-state index in [1.54, 1.807) is 0 Å². The first-order valence-corrected chi connectivity index (χ1v) is 10.2. The van der Waals surface area contributed by atoms with Gasteiger partial charge in [-0.05, 0) is 42.3 Å². The third kappa shape index (κ3) is 4.23. The summed E-state index contributed by atoms with van der Waals surface area (Å²) in [5, 5.41) is 5.61. The number of nitrogens with zero attached hydrogens (tertiary/aromatic N) is 1. The molecule has 1 amide bonds. The second-order valence-electron chi connectivity index (χ2n) is 5.52. The van der Waals surface area contributed by atoms with Gasteiger partial charge in [-0.25, -0.2) is 4.39 Å². The van der Waals surface area contributed by atoms with E-state index in [4.69, 9.17) is 0 Å². The average molecular weight is 393 g/mol. The number of amidine groups is 1. The van der Waals surface area contributed by atoms with Crippen LogP contribution in [0.4, 0.5) is 15.8 Å². The molecule has 2 aromatic carbocycles. The fourth-order valence-corrected chi connectivity index (χ4v) is 4.37. The molecule has 1 aliphatic rings. The standard InChI is InChI=1S/C17H16FN3O3S2/c1-2-11-3-6-13(7-4-11)19-16(22)10-25-17-20-14-8-5-12(18)9-15(14)26(23,24)21-17/h3-9H,2,10H2,1H3,(H,19,22)(H,20,21). The molecule has 0 radical (unpaired) electrons. The molecule has 0 spiro atoms. The molecule has 26 heavy (non-hydrogen) atoms. The van der Waals surface area contributed by atoms with Crippen LogP contribution in [0.3, 0.4) is 0 Å². The summed E-state index contributed by atoms with van der Waals surface area (Å²) in [6.45, 7) is 2.04. The van der Waals surface area contributed by atoms with Crippen molar-refractivity contribution in [2.75, 3.05) is 16.4 Å². The highest BCUT2D eigenvalue weighted by atomic mass is 32.2. The third-order valence-corrected chi connectivity index (χ3v) is 5.96. The molecule has 0 aromatic heterocycles. The zero-order chi connectivity index (χ0) is 18.7. The number of fused-ring (bicyclic) bond motifs is 1. The molecule has 0 saturated carbocycles. The van der Waals surface area contributed by atoms with E-state index >= 15 is 0 Å². The minimum atomic E-state index is -4.00. The van der Waals surface area contributed by atoms with E-state index in [9.17, 15) is 17.6 Å². The first kappa shape index (κ1) is 18.4. The number of hydrogen-bond acceptors (Lipinski definition) is 5. The first-order chi connectivity index (χ1) is 12.4. The van der Waals surface area contributed by atoms with Gasteiger partial charge in [-0.2, -0.15) is 8.42 Å². The van der Waals surface area contributed by atoms with Gasteiger partial charge in [-0.1, -0.05) is 30.8 Å². The van der Waals surface area contributed by atoms with E-state index in [1.165, 1.54) is 11.6 Å². The second kappa shape index (κ2) is 7.46. The van der Waals surface area contributed by atoms with Crippen molar-refractivity contribution in [1.29, 1.82) is 0 Å². The van der Waals surface area contributed by atoms with Crippen molar-refractivity contribution >= 4 is 44.2 Å². The van der Waals surface area contributed by atoms with Crippen molar-refractivity contribution < 1.29 is 17.6 Å². The van der Waals surface area contributed by atoms with E-state index < -0.39 is 15.8 Å². The average Bonchev–Trinajstić information content (AvgIpc) is 2.61. The lowest BCUT2D eigenvalue weighted by atomic mass is 10.1. The fraction of sp³-hybridized carbons (Fsp3) is 0.176. The van der Waals surface area contributed by atoms with Crippen LogP contribution >= 0.6 is 11.8 Å². The molecule has 0 saturated heterocycles. The lowest BCUT2D eigenvalue weighted by molar-refractivity contribution is -0.113. The van der Waals surface area contributed by atoms with Crippen LogP contribution < -0.4 is 10.6 Å². The van der Waals surface area contributed by atoms with Crippen molar-refractivity contribution in [3.63, 3.8) is 0 Å². The highest BCUT2D eigenvalue weighted by molar-refractivity contribution is 8.15. The van der Waals surface area contributed by atoms with E-state index in [2.05, 4.69) is 15.0 Å². The van der Waals surface area contributed by atoms with Crippen molar-refractivity contribution in [2.45, 2.75) is 18.2 Å². The maximum Gasteiger partial charge on any atom is 0.286 e. The molecular formula is C17H16FN3O3S2.